The molecule has 1 aliphatic carbocycles. The zero-order valence-electron chi connectivity index (χ0n) is 28.1. The van der Waals surface area contributed by atoms with Gasteiger partial charge in [0.15, 0.2) is 0 Å². The molecule has 18 heteroatoms. The van der Waals surface area contributed by atoms with E-state index in [2.05, 4.69) is 0 Å². The molecule has 1 aliphatic rings. The Morgan fingerprint density at radius 2 is 0.538 bits per heavy atom. The average Bonchev–Trinajstić information content (AvgIpc) is 3.07. The zero-order chi connectivity index (χ0) is 38.2. The molecule has 0 unspecified atom stereocenters. The molecule has 0 spiro atoms. The van der Waals surface area contributed by atoms with Crippen molar-refractivity contribution in [3.63, 3.8) is 0 Å². The summed E-state index contributed by atoms with van der Waals surface area (Å²) in [5, 5.41) is 23.3. The van der Waals surface area contributed by atoms with Crippen LogP contribution in [0.25, 0.3) is 0 Å². The summed E-state index contributed by atoms with van der Waals surface area (Å²) in [6.07, 6.45) is -14.8. The molecule has 2 N–H and O–H groups in total. The summed E-state index contributed by atoms with van der Waals surface area (Å²) in [4.78, 5) is -1.84. The maximum absolute atomic E-state index is 13.7. The fourth-order valence-electron chi connectivity index (χ4n) is 5.23. The lowest BCUT2D eigenvalue weighted by atomic mass is 9.85. The van der Waals surface area contributed by atoms with Crippen molar-refractivity contribution in [2.24, 2.45) is 0 Å². The van der Waals surface area contributed by atoms with Gasteiger partial charge in [0.2, 0.25) is 0 Å². The molecule has 1 fully saturated rings. The van der Waals surface area contributed by atoms with Gasteiger partial charge in [-0.3, -0.25) is 16.7 Å². The second-order valence-electron chi connectivity index (χ2n) is 12.3. The van der Waals surface area contributed by atoms with Crippen LogP contribution in [-0.2, 0) is 57.2 Å². The Morgan fingerprint density at radius 3 is 0.769 bits per heavy atom. The van der Waals surface area contributed by atoms with E-state index in [0.29, 0.717) is 22.3 Å². The highest BCUT2D eigenvalue weighted by Crippen LogP contribution is 2.37. The van der Waals surface area contributed by atoms with Crippen LogP contribution in [0.15, 0.2) is 117 Å². The van der Waals surface area contributed by atoms with E-state index < -0.39 is 96.7 Å². The second kappa shape index (κ2) is 15.1. The number of hydrogen-bond acceptors (Lipinski definition) is 14. The van der Waals surface area contributed by atoms with Crippen LogP contribution < -0.4 is 0 Å². The molecule has 14 nitrogen and oxygen atoms in total. The summed E-state index contributed by atoms with van der Waals surface area (Å²) < 4.78 is 130. The summed E-state index contributed by atoms with van der Waals surface area (Å²) in [6, 6.07) is 20.6. The van der Waals surface area contributed by atoms with E-state index in [1.165, 1.54) is 48.5 Å². The predicted molar refractivity (Wildman–Crippen MR) is 185 cm³/mol. The van der Waals surface area contributed by atoms with E-state index >= 15 is 0 Å². The van der Waals surface area contributed by atoms with Crippen molar-refractivity contribution in [1.82, 2.24) is 0 Å². The van der Waals surface area contributed by atoms with Gasteiger partial charge in [-0.25, -0.2) is 0 Å². The molecule has 0 radical (unpaired) electrons. The lowest BCUT2D eigenvalue weighted by Crippen LogP contribution is -2.67. The van der Waals surface area contributed by atoms with E-state index in [0.717, 1.165) is 48.5 Å². The Labute approximate surface area is 303 Å². The van der Waals surface area contributed by atoms with Gasteiger partial charge in [0.05, 0.1) is 19.6 Å². The summed E-state index contributed by atoms with van der Waals surface area (Å²) in [7, 11) is -19.8. The molecule has 6 atom stereocenters. The topological polar surface area (TPSA) is 214 Å². The van der Waals surface area contributed by atoms with Crippen molar-refractivity contribution in [3.8, 4) is 0 Å². The third kappa shape index (κ3) is 8.79. The third-order valence-corrected chi connectivity index (χ3v) is 13.5. The van der Waals surface area contributed by atoms with E-state index in [1.54, 1.807) is 27.7 Å². The first-order valence-electron chi connectivity index (χ1n) is 15.6. The van der Waals surface area contributed by atoms with E-state index in [4.69, 9.17) is 16.7 Å². The second-order valence-corrected chi connectivity index (χ2v) is 18.6. The molecule has 280 valence electrons. The molecule has 5 rings (SSSR count). The van der Waals surface area contributed by atoms with Gasteiger partial charge >= 0.3 is 0 Å². The third-order valence-electron chi connectivity index (χ3n) is 8.18. The SMILES string of the molecule is Cc1ccc(S(=O)(=O)O[C@H]2[C@@H](O)[C@@H](OS(=O)(=O)c3ccc(C)cc3)[C@@H](OS(=O)(=O)c3ccc(C)cc3)[C@H](OS(=O)(=O)c3ccc(C)cc3)[C@H]2O)cc1. The minimum Gasteiger partial charge on any atom is -0.387 e. The highest BCUT2D eigenvalue weighted by molar-refractivity contribution is 7.87. The fraction of sp³-hybridized carbons (Fsp3) is 0.294. The Morgan fingerprint density at radius 1 is 0.346 bits per heavy atom. The van der Waals surface area contributed by atoms with Gasteiger partial charge in [0.25, 0.3) is 40.5 Å². The van der Waals surface area contributed by atoms with Crippen LogP contribution in [0.2, 0.25) is 0 Å². The molecule has 0 amide bonds. The van der Waals surface area contributed by atoms with Crippen LogP contribution in [0.5, 0.6) is 0 Å². The number of aliphatic hydroxyl groups excluding tert-OH is 2. The van der Waals surface area contributed by atoms with Crippen molar-refractivity contribution in [3.05, 3.63) is 119 Å². The number of rotatable bonds is 12. The van der Waals surface area contributed by atoms with Crippen molar-refractivity contribution in [1.29, 1.82) is 0 Å². The monoisotopic (exact) mass is 796 g/mol. The van der Waals surface area contributed by atoms with Crippen molar-refractivity contribution >= 4 is 40.5 Å². The smallest absolute Gasteiger partial charge is 0.297 e. The Hall–Kier alpha value is -3.56. The highest BCUT2D eigenvalue weighted by Gasteiger charge is 2.58. The van der Waals surface area contributed by atoms with Gasteiger partial charge in [-0.2, -0.15) is 33.7 Å². The quantitative estimate of drug-likeness (QED) is 0.197. The molecule has 0 heterocycles. The molecule has 0 aliphatic heterocycles. The van der Waals surface area contributed by atoms with Gasteiger partial charge in [-0.1, -0.05) is 70.8 Å². The van der Waals surface area contributed by atoms with Gasteiger partial charge in [-0.05, 0) is 76.2 Å². The van der Waals surface area contributed by atoms with Crippen LogP contribution >= 0.6 is 0 Å². The van der Waals surface area contributed by atoms with Gasteiger partial charge in [-0.15, -0.1) is 0 Å². The molecular weight excluding hydrogens is 761 g/mol. The summed E-state index contributed by atoms with van der Waals surface area (Å²) in [5.74, 6) is 0. The summed E-state index contributed by atoms with van der Waals surface area (Å²) in [5.41, 5.74) is 2.66. The van der Waals surface area contributed by atoms with Crippen molar-refractivity contribution < 1.29 is 60.6 Å². The van der Waals surface area contributed by atoms with Crippen LogP contribution in [0.4, 0.5) is 0 Å². The Balaban J connectivity index is 1.67. The number of hydrogen-bond donors (Lipinski definition) is 2. The minimum absolute atomic E-state index is 0.438. The van der Waals surface area contributed by atoms with E-state index in [9.17, 15) is 43.9 Å². The van der Waals surface area contributed by atoms with Gasteiger partial charge < -0.3 is 10.2 Å². The first-order valence-corrected chi connectivity index (χ1v) is 21.2. The number of benzene rings is 4. The molecule has 4 aromatic carbocycles. The minimum atomic E-state index is -4.97. The van der Waals surface area contributed by atoms with Crippen molar-refractivity contribution in [2.75, 3.05) is 0 Å². The molecule has 0 saturated heterocycles. The molecular formula is C34H36O14S4. The average molecular weight is 797 g/mol. The predicted octanol–water partition coefficient (Wildman–Crippen LogP) is 3.05. The summed E-state index contributed by atoms with van der Waals surface area (Å²) in [6.45, 7) is 6.71. The van der Waals surface area contributed by atoms with Gasteiger partial charge in [0.1, 0.15) is 36.6 Å². The van der Waals surface area contributed by atoms with E-state index in [-0.39, 0.29) is 0 Å². The molecule has 0 bridgehead atoms. The molecule has 4 aromatic rings. The maximum Gasteiger partial charge on any atom is 0.297 e. The normalized spacial score (nSPS) is 23.0. The zero-order valence-corrected chi connectivity index (χ0v) is 31.4. The molecule has 0 aromatic heterocycles. The van der Waals surface area contributed by atoms with Crippen LogP contribution in [-0.4, -0.2) is 80.5 Å². The largest absolute Gasteiger partial charge is 0.387 e. The standard InChI is InChI=1S/C34H36O14S4/c1-21-5-13-25(14-6-21)49(37,38)45-31-29(35)32(46-50(39,40)26-15-7-22(2)8-16-26)34(48-52(43,44)28-19-11-24(4)12-20-28)33(30(31)36)47-51(41,42)27-17-9-23(3)10-18-27/h5-20,29-36H,1-4H3/t29-,30+,31+,32-,33-,34-/m1/s1. The first-order chi connectivity index (χ1) is 24.2. The van der Waals surface area contributed by atoms with Crippen molar-refractivity contribution in [2.45, 2.75) is 83.9 Å². The maximum atomic E-state index is 13.7. The van der Waals surface area contributed by atoms with Crippen LogP contribution in [0, 0.1) is 27.7 Å². The fourth-order valence-corrected chi connectivity index (χ4v) is 9.61. The molecule has 1 saturated carbocycles. The Bertz CT molecular complexity index is 2230. The highest BCUT2D eigenvalue weighted by atomic mass is 32.2. The van der Waals surface area contributed by atoms with Crippen LogP contribution in [0.3, 0.4) is 0 Å². The number of aliphatic hydroxyl groups is 2. The number of aryl methyl sites for hydroxylation is 4. The van der Waals surface area contributed by atoms with Crippen LogP contribution in [0.1, 0.15) is 22.3 Å². The first kappa shape index (κ1) is 39.6. The lowest BCUT2D eigenvalue weighted by molar-refractivity contribution is -0.193. The van der Waals surface area contributed by atoms with Gasteiger partial charge in [0, 0.05) is 0 Å². The lowest BCUT2D eigenvalue weighted by Gasteiger charge is -2.44. The molecule has 52 heavy (non-hydrogen) atoms. The summed E-state index contributed by atoms with van der Waals surface area (Å²) >= 11 is 0. The Kier molecular flexibility index (Phi) is 11.5. The van der Waals surface area contributed by atoms with E-state index in [1.807, 2.05) is 0 Å².